The molecule has 1 heterocycles. The summed E-state index contributed by atoms with van der Waals surface area (Å²) in [5.41, 5.74) is 0.800. The average Bonchev–Trinajstić information content (AvgIpc) is 2.39. The van der Waals surface area contributed by atoms with Crippen LogP contribution in [0.2, 0.25) is 0 Å². The maximum absolute atomic E-state index is 12.0. The predicted molar refractivity (Wildman–Crippen MR) is 64.2 cm³/mol. The Morgan fingerprint density at radius 2 is 2.41 bits per heavy atom. The smallest absolute Gasteiger partial charge is 0.246 e. The van der Waals surface area contributed by atoms with Gasteiger partial charge in [-0.2, -0.15) is 0 Å². The summed E-state index contributed by atoms with van der Waals surface area (Å²) in [6, 6.07) is 6.85. The molecule has 1 aliphatic rings. The van der Waals surface area contributed by atoms with E-state index in [1.54, 1.807) is 12.0 Å². The monoisotopic (exact) mass is 236 g/mol. The highest BCUT2D eigenvalue weighted by molar-refractivity contribution is 5.98. The van der Waals surface area contributed by atoms with Crippen molar-refractivity contribution >= 4 is 11.6 Å². The van der Waals surface area contributed by atoms with Crippen molar-refractivity contribution in [1.82, 2.24) is 5.32 Å². The minimum absolute atomic E-state index is 0.105. The van der Waals surface area contributed by atoms with Gasteiger partial charge in [-0.25, -0.2) is 0 Å². The zero-order valence-electron chi connectivity index (χ0n) is 9.72. The van der Waals surface area contributed by atoms with Gasteiger partial charge in [0.05, 0.1) is 13.7 Å². The van der Waals surface area contributed by atoms with Crippen LogP contribution in [0.15, 0.2) is 24.3 Å². The van der Waals surface area contributed by atoms with E-state index in [2.05, 4.69) is 5.32 Å². The molecule has 0 bridgehead atoms. The van der Waals surface area contributed by atoms with Gasteiger partial charge >= 0.3 is 0 Å². The average molecular weight is 236 g/mol. The molecule has 17 heavy (non-hydrogen) atoms. The first-order valence-corrected chi connectivity index (χ1v) is 5.56. The van der Waals surface area contributed by atoms with Crippen molar-refractivity contribution in [3.8, 4) is 5.75 Å². The number of methoxy groups -OCH3 is 1. The Hall–Kier alpha value is -1.59. The Kier molecular flexibility index (Phi) is 3.61. The number of rotatable bonds is 3. The van der Waals surface area contributed by atoms with Crippen molar-refractivity contribution in [3.63, 3.8) is 0 Å². The molecule has 1 aliphatic heterocycles. The van der Waals surface area contributed by atoms with Crippen LogP contribution in [0.4, 0.5) is 5.69 Å². The Labute approximate surface area is 100.0 Å². The normalized spacial score (nSPS) is 20.5. The highest BCUT2D eigenvalue weighted by atomic mass is 16.5. The summed E-state index contributed by atoms with van der Waals surface area (Å²) >= 11 is 0. The van der Waals surface area contributed by atoms with E-state index in [9.17, 15) is 4.79 Å². The number of aliphatic hydroxyl groups excluding tert-OH is 1. The Morgan fingerprint density at radius 1 is 1.59 bits per heavy atom. The van der Waals surface area contributed by atoms with E-state index in [4.69, 9.17) is 9.84 Å². The molecule has 1 saturated heterocycles. The van der Waals surface area contributed by atoms with Gasteiger partial charge in [-0.05, 0) is 12.1 Å². The minimum atomic E-state index is -0.505. The second-order valence-corrected chi connectivity index (χ2v) is 3.88. The molecule has 0 aliphatic carbocycles. The lowest BCUT2D eigenvalue weighted by Gasteiger charge is -2.32. The first-order chi connectivity index (χ1) is 8.26. The number of carbonyl (C=O) groups is 1. The lowest BCUT2D eigenvalue weighted by molar-refractivity contribution is -0.122. The lowest BCUT2D eigenvalue weighted by Crippen LogP contribution is -2.56. The Bertz CT molecular complexity index is 408. The van der Waals surface area contributed by atoms with E-state index >= 15 is 0 Å². The fourth-order valence-corrected chi connectivity index (χ4v) is 1.91. The van der Waals surface area contributed by atoms with Crippen molar-refractivity contribution in [2.24, 2.45) is 0 Å². The van der Waals surface area contributed by atoms with E-state index in [0.29, 0.717) is 13.1 Å². The Morgan fingerprint density at radius 3 is 3.12 bits per heavy atom. The molecule has 0 radical (unpaired) electrons. The molecular formula is C12H16N2O3. The summed E-state index contributed by atoms with van der Waals surface area (Å²) in [5.74, 6) is 0.612. The number of aliphatic hydroxyl groups is 1. The van der Waals surface area contributed by atoms with Crippen LogP contribution in [0.5, 0.6) is 5.75 Å². The van der Waals surface area contributed by atoms with Gasteiger partial charge in [0.25, 0.3) is 0 Å². The maximum Gasteiger partial charge on any atom is 0.246 e. The van der Waals surface area contributed by atoms with Crippen molar-refractivity contribution in [3.05, 3.63) is 24.3 Å². The first kappa shape index (κ1) is 11.9. The van der Waals surface area contributed by atoms with Gasteiger partial charge in [-0.1, -0.05) is 6.07 Å². The molecule has 1 amide bonds. The molecule has 0 saturated carbocycles. The number of nitrogens with one attached hydrogen (secondary N) is 1. The van der Waals surface area contributed by atoms with Crippen LogP contribution in [0.3, 0.4) is 0 Å². The van der Waals surface area contributed by atoms with E-state index in [-0.39, 0.29) is 12.5 Å². The quantitative estimate of drug-likeness (QED) is 0.775. The molecule has 5 heteroatoms. The van der Waals surface area contributed by atoms with Crippen LogP contribution in [0.25, 0.3) is 0 Å². The van der Waals surface area contributed by atoms with Gasteiger partial charge in [0.2, 0.25) is 5.91 Å². The molecular weight excluding hydrogens is 220 g/mol. The summed E-state index contributed by atoms with van der Waals surface area (Å²) in [6.45, 7) is 1.09. The molecule has 1 fully saturated rings. The summed E-state index contributed by atoms with van der Waals surface area (Å²) in [7, 11) is 1.59. The summed E-state index contributed by atoms with van der Waals surface area (Å²) in [5, 5.41) is 12.1. The standard InChI is InChI=1S/C12H16N2O3/c1-17-10-4-2-3-9(7-10)14-6-5-13-11(8-15)12(14)16/h2-4,7,11,13,15H,5-6,8H2,1H3. The molecule has 1 aromatic rings. The maximum atomic E-state index is 12.0. The molecule has 0 spiro atoms. The van der Waals surface area contributed by atoms with Crippen LogP contribution < -0.4 is 15.0 Å². The lowest BCUT2D eigenvalue weighted by atomic mass is 10.1. The third kappa shape index (κ3) is 2.40. The zero-order chi connectivity index (χ0) is 12.3. The van der Waals surface area contributed by atoms with Crippen LogP contribution in [-0.4, -0.2) is 43.9 Å². The number of anilines is 1. The number of amides is 1. The van der Waals surface area contributed by atoms with Crippen LogP contribution in [0, 0.1) is 0 Å². The van der Waals surface area contributed by atoms with Gasteiger partial charge < -0.3 is 20.1 Å². The Balaban J connectivity index is 2.23. The van der Waals surface area contributed by atoms with Crippen molar-refractivity contribution in [2.45, 2.75) is 6.04 Å². The molecule has 1 atom stereocenters. The van der Waals surface area contributed by atoms with Crippen LogP contribution in [-0.2, 0) is 4.79 Å². The number of hydrogen-bond donors (Lipinski definition) is 2. The van der Waals surface area contributed by atoms with E-state index < -0.39 is 6.04 Å². The molecule has 1 unspecified atom stereocenters. The third-order valence-corrected chi connectivity index (χ3v) is 2.84. The SMILES string of the molecule is COc1cccc(N2CCNC(CO)C2=O)c1. The van der Waals surface area contributed by atoms with Gasteiger partial charge in [0.1, 0.15) is 11.8 Å². The number of ether oxygens (including phenoxy) is 1. The minimum Gasteiger partial charge on any atom is -0.497 e. The molecule has 5 nitrogen and oxygen atoms in total. The largest absolute Gasteiger partial charge is 0.497 e. The van der Waals surface area contributed by atoms with Crippen LogP contribution in [0.1, 0.15) is 0 Å². The van der Waals surface area contributed by atoms with E-state index in [1.807, 2.05) is 24.3 Å². The molecule has 2 rings (SSSR count). The van der Waals surface area contributed by atoms with Gasteiger partial charge in [-0.15, -0.1) is 0 Å². The fraction of sp³-hybridized carbons (Fsp3) is 0.417. The number of carbonyl (C=O) groups excluding carboxylic acids is 1. The molecule has 92 valence electrons. The van der Waals surface area contributed by atoms with Crippen molar-refractivity contribution in [2.75, 3.05) is 31.7 Å². The van der Waals surface area contributed by atoms with Crippen LogP contribution >= 0.6 is 0 Å². The number of benzene rings is 1. The number of nitrogens with zero attached hydrogens (tertiary/aromatic N) is 1. The zero-order valence-corrected chi connectivity index (χ0v) is 9.72. The first-order valence-electron chi connectivity index (χ1n) is 5.56. The summed E-state index contributed by atoms with van der Waals surface area (Å²) in [4.78, 5) is 13.7. The van der Waals surface area contributed by atoms with Gasteiger partial charge in [0, 0.05) is 24.8 Å². The summed E-state index contributed by atoms with van der Waals surface area (Å²) in [6.07, 6.45) is 0. The third-order valence-electron chi connectivity index (χ3n) is 2.84. The van der Waals surface area contributed by atoms with E-state index in [0.717, 1.165) is 11.4 Å². The van der Waals surface area contributed by atoms with Crippen molar-refractivity contribution in [1.29, 1.82) is 0 Å². The highest BCUT2D eigenvalue weighted by Crippen LogP contribution is 2.22. The topological polar surface area (TPSA) is 61.8 Å². The number of hydrogen-bond acceptors (Lipinski definition) is 4. The van der Waals surface area contributed by atoms with Gasteiger partial charge in [-0.3, -0.25) is 4.79 Å². The molecule has 1 aromatic carbocycles. The highest BCUT2D eigenvalue weighted by Gasteiger charge is 2.28. The molecule has 0 aromatic heterocycles. The second kappa shape index (κ2) is 5.16. The van der Waals surface area contributed by atoms with E-state index in [1.165, 1.54) is 0 Å². The fourth-order valence-electron chi connectivity index (χ4n) is 1.91. The predicted octanol–water partition coefficient (Wildman–Crippen LogP) is -0.00770. The number of piperazine rings is 1. The molecule has 2 N–H and O–H groups in total. The summed E-state index contributed by atoms with van der Waals surface area (Å²) < 4.78 is 5.13. The second-order valence-electron chi connectivity index (χ2n) is 3.88. The van der Waals surface area contributed by atoms with Gasteiger partial charge in [0.15, 0.2) is 0 Å². The van der Waals surface area contributed by atoms with Crippen molar-refractivity contribution < 1.29 is 14.6 Å².